The molecule has 148 valence electrons. The lowest BCUT2D eigenvalue weighted by atomic mass is 10.1. The number of hydrogen-bond donors (Lipinski definition) is 0. The summed E-state index contributed by atoms with van der Waals surface area (Å²) in [6, 6.07) is 10.4. The average Bonchev–Trinajstić information content (AvgIpc) is 3.02. The first kappa shape index (κ1) is 20.1. The smallest absolute Gasteiger partial charge is 0.327 e. The van der Waals surface area contributed by atoms with E-state index in [4.69, 9.17) is 0 Å². The van der Waals surface area contributed by atoms with Crippen LogP contribution in [0.25, 0.3) is 22.6 Å². The predicted octanol–water partition coefficient (Wildman–Crippen LogP) is 4.87. The first-order valence-electron chi connectivity index (χ1n) is 8.57. The van der Waals surface area contributed by atoms with Crippen molar-refractivity contribution in [3.8, 4) is 22.6 Å². The first-order valence-corrected chi connectivity index (χ1v) is 10.2. The molecule has 0 saturated carbocycles. The highest BCUT2D eigenvalue weighted by molar-refractivity contribution is 7.91. The maximum Gasteiger partial charge on any atom is 0.416 e. The Labute approximate surface area is 161 Å². The zero-order valence-corrected chi connectivity index (χ0v) is 16.4. The van der Waals surface area contributed by atoms with Gasteiger partial charge in [-0.15, -0.1) is 0 Å². The topological polar surface area (TPSA) is 52.0 Å². The van der Waals surface area contributed by atoms with Gasteiger partial charge in [0.2, 0.25) is 0 Å². The van der Waals surface area contributed by atoms with Gasteiger partial charge in [0.15, 0.2) is 9.84 Å². The van der Waals surface area contributed by atoms with Crippen molar-refractivity contribution in [1.82, 2.24) is 9.55 Å². The van der Waals surface area contributed by atoms with Crippen molar-refractivity contribution in [3.63, 3.8) is 0 Å². The van der Waals surface area contributed by atoms with E-state index in [-0.39, 0.29) is 22.0 Å². The summed E-state index contributed by atoms with van der Waals surface area (Å²) in [6.45, 7) is 3.36. The van der Waals surface area contributed by atoms with Gasteiger partial charge in [0.05, 0.1) is 28.1 Å². The lowest BCUT2D eigenvalue weighted by molar-refractivity contribution is -0.137. The number of benzene rings is 2. The van der Waals surface area contributed by atoms with Crippen LogP contribution in [0.15, 0.2) is 53.6 Å². The third-order valence-corrected chi connectivity index (χ3v) is 6.37. The maximum absolute atomic E-state index is 13.1. The van der Waals surface area contributed by atoms with Crippen molar-refractivity contribution in [2.24, 2.45) is 7.05 Å². The monoisotopic (exact) mass is 408 g/mol. The maximum atomic E-state index is 13.1. The zero-order chi connectivity index (χ0) is 20.7. The first-order chi connectivity index (χ1) is 13.0. The van der Waals surface area contributed by atoms with Crippen LogP contribution in [0.3, 0.4) is 0 Å². The normalized spacial score (nSPS) is 12.4. The minimum absolute atomic E-state index is 0.149. The van der Waals surface area contributed by atoms with Crippen LogP contribution in [-0.4, -0.2) is 23.7 Å². The third-order valence-electron chi connectivity index (χ3n) is 4.60. The summed E-state index contributed by atoms with van der Waals surface area (Å²) in [5, 5.41) is 0. The molecule has 0 fully saturated rings. The second-order valence-corrected chi connectivity index (χ2v) is 8.75. The molecule has 0 N–H and O–H groups in total. The number of imidazole rings is 1. The summed E-state index contributed by atoms with van der Waals surface area (Å²) in [5.41, 5.74) is 1.84. The van der Waals surface area contributed by atoms with E-state index < -0.39 is 21.6 Å². The lowest BCUT2D eigenvalue weighted by Crippen LogP contribution is -2.11. The van der Waals surface area contributed by atoms with Crippen molar-refractivity contribution >= 4 is 9.84 Å². The molecule has 3 aromatic rings. The van der Waals surface area contributed by atoms with Crippen molar-refractivity contribution in [3.05, 3.63) is 59.8 Å². The molecule has 0 bridgehead atoms. The number of nitrogens with zero attached hydrogens (tertiary/aromatic N) is 2. The number of alkyl halides is 3. The Morgan fingerprint density at radius 2 is 1.71 bits per heavy atom. The summed E-state index contributed by atoms with van der Waals surface area (Å²) >= 11 is 0. The molecule has 0 spiro atoms. The second kappa shape index (κ2) is 7.09. The van der Waals surface area contributed by atoms with Crippen LogP contribution < -0.4 is 0 Å². The van der Waals surface area contributed by atoms with E-state index in [0.717, 1.165) is 22.9 Å². The molecule has 3 rings (SSSR count). The molecule has 0 aliphatic heterocycles. The van der Waals surface area contributed by atoms with E-state index in [2.05, 4.69) is 4.98 Å². The van der Waals surface area contributed by atoms with Gasteiger partial charge < -0.3 is 4.57 Å². The molecule has 0 radical (unpaired) electrons. The number of halogens is 3. The molecule has 1 aromatic heterocycles. The van der Waals surface area contributed by atoms with Crippen molar-refractivity contribution in [1.29, 1.82) is 0 Å². The highest BCUT2D eigenvalue weighted by Gasteiger charge is 2.33. The highest BCUT2D eigenvalue weighted by atomic mass is 32.2. The quantitative estimate of drug-likeness (QED) is 0.619. The second-order valence-electron chi connectivity index (χ2n) is 6.50. The number of hydrogen-bond acceptors (Lipinski definition) is 3. The van der Waals surface area contributed by atoms with E-state index in [0.29, 0.717) is 6.07 Å². The van der Waals surface area contributed by atoms with Crippen LogP contribution in [0.1, 0.15) is 18.1 Å². The molecule has 0 aliphatic rings. The zero-order valence-electron chi connectivity index (χ0n) is 15.6. The fourth-order valence-electron chi connectivity index (χ4n) is 2.95. The van der Waals surface area contributed by atoms with Crippen molar-refractivity contribution < 1.29 is 21.6 Å². The minimum atomic E-state index is -4.63. The van der Waals surface area contributed by atoms with E-state index >= 15 is 0 Å². The van der Waals surface area contributed by atoms with Crippen LogP contribution in [0.5, 0.6) is 0 Å². The standard InChI is InChI=1S/C20H19F3N2O2S/c1-4-28(26,27)18-11-15(20(21,22)23)9-10-16(18)19-24-12-17(25(19)3)14-7-5-13(2)6-8-14/h5-12H,4H2,1-3H3. The molecule has 2 aromatic carbocycles. The Morgan fingerprint density at radius 1 is 1.07 bits per heavy atom. The Bertz CT molecular complexity index is 1120. The molecular formula is C20H19F3N2O2S. The van der Waals surface area contributed by atoms with Crippen molar-refractivity contribution in [2.45, 2.75) is 24.9 Å². The van der Waals surface area contributed by atoms with Crippen LogP contribution in [0.4, 0.5) is 13.2 Å². The Balaban J connectivity index is 2.20. The molecule has 0 unspecified atom stereocenters. The molecule has 0 saturated heterocycles. The highest BCUT2D eigenvalue weighted by Crippen LogP contribution is 2.36. The fraction of sp³-hybridized carbons (Fsp3) is 0.250. The van der Waals surface area contributed by atoms with Crippen LogP contribution in [0.2, 0.25) is 0 Å². The molecule has 8 heteroatoms. The van der Waals surface area contributed by atoms with Gasteiger partial charge in [-0.05, 0) is 30.7 Å². The van der Waals surface area contributed by atoms with E-state index in [1.54, 1.807) is 17.8 Å². The van der Waals surface area contributed by atoms with Crippen LogP contribution in [0, 0.1) is 6.92 Å². The summed E-state index contributed by atoms with van der Waals surface area (Å²) < 4.78 is 66.0. The summed E-state index contributed by atoms with van der Waals surface area (Å²) in [4.78, 5) is 3.94. The van der Waals surface area contributed by atoms with Crippen LogP contribution in [-0.2, 0) is 23.1 Å². The molecule has 0 atom stereocenters. The van der Waals surface area contributed by atoms with Crippen molar-refractivity contribution in [2.75, 3.05) is 5.75 Å². The lowest BCUT2D eigenvalue weighted by Gasteiger charge is -2.14. The van der Waals surface area contributed by atoms with Gasteiger partial charge in [0.1, 0.15) is 5.82 Å². The largest absolute Gasteiger partial charge is 0.416 e. The number of aryl methyl sites for hydroxylation is 1. The Kier molecular flexibility index (Phi) is 5.10. The fourth-order valence-corrected chi connectivity index (χ4v) is 4.06. The van der Waals surface area contributed by atoms with Gasteiger partial charge in [-0.2, -0.15) is 13.2 Å². The van der Waals surface area contributed by atoms with E-state index in [1.807, 2.05) is 31.2 Å². The van der Waals surface area contributed by atoms with Crippen LogP contribution >= 0.6 is 0 Å². The molecule has 0 aliphatic carbocycles. The predicted molar refractivity (Wildman–Crippen MR) is 102 cm³/mol. The molecule has 1 heterocycles. The average molecular weight is 408 g/mol. The summed E-state index contributed by atoms with van der Waals surface area (Å²) in [6.07, 6.45) is -3.05. The molecular weight excluding hydrogens is 389 g/mol. The van der Waals surface area contributed by atoms with Gasteiger partial charge in [-0.1, -0.05) is 36.8 Å². The minimum Gasteiger partial charge on any atom is -0.327 e. The molecule has 0 amide bonds. The Morgan fingerprint density at radius 3 is 2.29 bits per heavy atom. The SMILES string of the molecule is CCS(=O)(=O)c1cc(C(F)(F)F)ccc1-c1ncc(-c2ccc(C)cc2)n1C. The molecule has 4 nitrogen and oxygen atoms in total. The molecule has 28 heavy (non-hydrogen) atoms. The Hall–Kier alpha value is -2.61. The van der Waals surface area contributed by atoms with Gasteiger partial charge in [0, 0.05) is 12.6 Å². The van der Waals surface area contributed by atoms with Gasteiger partial charge in [-0.3, -0.25) is 0 Å². The summed E-state index contributed by atoms with van der Waals surface area (Å²) in [7, 11) is -2.18. The van der Waals surface area contributed by atoms with Gasteiger partial charge >= 0.3 is 6.18 Å². The number of sulfone groups is 1. The third kappa shape index (κ3) is 3.69. The van der Waals surface area contributed by atoms with E-state index in [9.17, 15) is 21.6 Å². The van der Waals surface area contributed by atoms with Gasteiger partial charge in [0.25, 0.3) is 0 Å². The van der Waals surface area contributed by atoms with Gasteiger partial charge in [-0.25, -0.2) is 13.4 Å². The van der Waals surface area contributed by atoms with E-state index in [1.165, 1.54) is 13.0 Å². The number of rotatable bonds is 4. The summed E-state index contributed by atoms with van der Waals surface area (Å²) in [5.74, 6) is -0.0207. The number of aromatic nitrogens is 2.